The van der Waals surface area contributed by atoms with Crippen LogP contribution in [-0.2, 0) is 39.9 Å². The van der Waals surface area contributed by atoms with Gasteiger partial charge in [0.15, 0.2) is 11.6 Å². The van der Waals surface area contributed by atoms with E-state index in [1.807, 2.05) is 58.0 Å². The highest BCUT2D eigenvalue weighted by Gasteiger charge is 2.42. The lowest BCUT2D eigenvalue weighted by molar-refractivity contribution is -0.141. The van der Waals surface area contributed by atoms with E-state index in [2.05, 4.69) is 15.5 Å². The lowest BCUT2D eigenvalue weighted by Gasteiger charge is -2.35. The minimum atomic E-state index is -1.15. The molecule has 0 radical (unpaired) electrons. The molecule has 300 valence electrons. The number of rotatable bonds is 20. The number of nitrogens with two attached hydrogens (primary N) is 1. The van der Waals surface area contributed by atoms with Crippen LogP contribution in [0.5, 0.6) is 0 Å². The van der Waals surface area contributed by atoms with Crippen LogP contribution < -0.4 is 16.4 Å². The summed E-state index contributed by atoms with van der Waals surface area (Å²) in [6.07, 6.45) is 5.96. The molecule has 1 saturated heterocycles. The summed E-state index contributed by atoms with van der Waals surface area (Å²) in [5.41, 5.74) is 6.42. The zero-order valence-corrected chi connectivity index (χ0v) is 33.6. The summed E-state index contributed by atoms with van der Waals surface area (Å²) in [5.74, 6) is -3.58. The molecule has 1 heterocycles. The van der Waals surface area contributed by atoms with Crippen LogP contribution in [0.15, 0.2) is 54.6 Å². The van der Waals surface area contributed by atoms with Gasteiger partial charge in [-0.05, 0) is 75.6 Å². The molecular formula is C43H59ClN4O7. The number of carbonyl (C=O) groups is 6. The molecule has 2 aliphatic rings. The van der Waals surface area contributed by atoms with Crippen molar-refractivity contribution >= 4 is 46.7 Å². The van der Waals surface area contributed by atoms with E-state index in [-0.39, 0.29) is 55.4 Å². The first-order valence-corrected chi connectivity index (χ1v) is 20.2. The average molecular weight is 779 g/mol. The van der Waals surface area contributed by atoms with Gasteiger partial charge < -0.3 is 21.1 Å². The summed E-state index contributed by atoms with van der Waals surface area (Å²) in [5, 5.41) is 6.23. The van der Waals surface area contributed by atoms with E-state index in [0.29, 0.717) is 42.9 Å². The first kappa shape index (κ1) is 43.8. The van der Waals surface area contributed by atoms with Crippen molar-refractivity contribution in [1.82, 2.24) is 15.5 Å². The summed E-state index contributed by atoms with van der Waals surface area (Å²) in [6.45, 7) is 8.82. The zero-order valence-electron chi connectivity index (χ0n) is 32.8. The molecule has 55 heavy (non-hydrogen) atoms. The van der Waals surface area contributed by atoms with Crippen molar-refractivity contribution in [3.05, 3.63) is 70.7 Å². The number of amides is 3. The van der Waals surface area contributed by atoms with Crippen LogP contribution in [0.2, 0.25) is 5.02 Å². The van der Waals surface area contributed by atoms with Gasteiger partial charge in [0.25, 0.3) is 0 Å². The third kappa shape index (κ3) is 14.0. The van der Waals surface area contributed by atoms with E-state index in [4.69, 9.17) is 22.1 Å². The normalized spacial score (nSPS) is 19.6. The van der Waals surface area contributed by atoms with Crippen LogP contribution in [0.25, 0.3) is 0 Å². The molecule has 3 amide bonds. The molecule has 4 N–H and O–H groups in total. The maximum atomic E-state index is 14.2. The molecule has 0 aromatic heterocycles. The second kappa shape index (κ2) is 20.8. The van der Waals surface area contributed by atoms with Gasteiger partial charge in [0.2, 0.25) is 23.5 Å². The molecule has 4 rings (SSSR count). The van der Waals surface area contributed by atoms with E-state index in [1.54, 1.807) is 18.2 Å². The maximum Gasteiger partial charge on any atom is 0.244 e. The molecule has 5 atom stereocenters. The number of nitrogens with zero attached hydrogens (tertiary/aromatic N) is 1. The van der Waals surface area contributed by atoms with Gasteiger partial charge in [-0.1, -0.05) is 86.7 Å². The molecule has 11 nitrogen and oxygen atoms in total. The van der Waals surface area contributed by atoms with Crippen molar-refractivity contribution in [3.8, 4) is 0 Å². The molecule has 1 saturated carbocycles. The molecule has 2 fully saturated rings. The number of nitrogens with one attached hydrogen (secondary N) is 2. The number of Topliss-reactive ketones (excluding diaryl/α,β-unsaturated/α-hetero) is 3. The van der Waals surface area contributed by atoms with Crippen molar-refractivity contribution in [2.75, 3.05) is 13.1 Å². The van der Waals surface area contributed by atoms with Crippen LogP contribution >= 0.6 is 11.6 Å². The highest BCUT2D eigenvalue weighted by Crippen LogP contribution is 2.32. The molecule has 12 heteroatoms. The number of primary amides is 1. The molecule has 2 aromatic rings. The number of hydrogen-bond acceptors (Lipinski definition) is 8. The van der Waals surface area contributed by atoms with Crippen LogP contribution in [-0.4, -0.2) is 76.8 Å². The van der Waals surface area contributed by atoms with Crippen LogP contribution in [0.1, 0.15) is 115 Å². The molecule has 2 aromatic carbocycles. The molecule has 0 bridgehead atoms. The Morgan fingerprint density at radius 1 is 0.927 bits per heavy atom. The molecular weight excluding hydrogens is 720 g/mol. The first-order chi connectivity index (χ1) is 26.1. The van der Waals surface area contributed by atoms with Crippen molar-refractivity contribution < 1.29 is 33.5 Å². The number of ether oxygens (including phenoxy) is 1. The van der Waals surface area contributed by atoms with E-state index in [1.165, 1.54) is 12.5 Å². The highest BCUT2D eigenvalue weighted by atomic mass is 35.5. The molecule has 2 unspecified atom stereocenters. The summed E-state index contributed by atoms with van der Waals surface area (Å²) in [7, 11) is 0. The highest BCUT2D eigenvalue weighted by molar-refractivity contribution is 6.38. The predicted octanol–water partition coefficient (Wildman–Crippen LogP) is 5.84. The van der Waals surface area contributed by atoms with E-state index < -0.39 is 47.0 Å². The van der Waals surface area contributed by atoms with E-state index >= 15 is 0 Å². The van der Waals surface area contributed by atoms with Gasteiger partial charge >= 0.3 is 0 Å². The molecule has 0 spiro atoms. The zero-order chi connectivity index (χ0) is 40.1. The second-order valence-corrected chi connectivity index (χ2v) is 16.6. The Hall–Kier alpha value is -3.93. The SMILES string of the molecule is CCCC(CC(=O)[C@@H]1C[C@@H](OC(C)(C)C)CN1C[C@@H](NC(=O)Cc1ccccc1)C1CCCCC1)C(=O)C(=O)CCC(=O)NC(C(N)=O)c1cccc(Cl)c1. The van der Waals surface area contributed by atoms with Crippen molar-refractivity contribution in [2.24, 2.45) is 17.6 Å². The third-order valence-electron chi connectivity index (χ3n) is 10.5. The summed E-state index contributed by atoms with van der Waals surface area (Å²) < 4.78 is 6.39. The van der Waals surface area contributed by atoms with Crippen LogP contribution in [0.3, 0.4) is 0 Å². The van der Waals surface area contributed by atoms with Gasteiger partial charge in [0.1, 0.15) is 6.04 Å². The monoisotopic (exact) mass is 778 g/mol. The van der Waals surface area contributed by atoms with Gasteiger partial charge in [-0.2, -0.15) is 0 Å². The standard InChI is InChI=1S/C43H59ClN4O7/c1-5-13-31(41(53)36(49)20-21-38(51)47-40(42(45)54)30-18-12-19-32(44)23-30)24-37(50)35-25-33(55-43(2,3)4)26-48(35)27-34(29-16-10-7-11-17-29)46-39(52)22-28-14-8-6-9-15-28/h6,8-9,12,14-15,18-19,23,29,31,33-35,40H,5,7,10-11,13,16-17,20-22,24-27H2,1-4H3,(H2,45,54)(H,46,52)(H,47,51)/t31?,33-,34-,35+,40?/m1/s1. The van der Waals surface area contributed by atoms with Crippen molar-refractivity contribution in [1.29, 1.82) is 0 Å². The number of likely N-dealkylation sites (tertiary alicyclic amines) is 1. The van der Waals surface area contributed by atoms with Crippen LogP contribution in [0.4, 0.5) is 0 Å². The fourth-order valence-electron chi connectivity index (χ4n) is 7.99. The topological polar surface area (TPSA) is 165 Å². The Morgan fingerprint density at radius 2 is 1.64 bits per heavy atom. The fraction of sp³-hybridized carbons (Fsp3) is 0.581. The fourth-order valence-corrected chi connectivity index (χ4v) is 8.19. The minimum Gasteiger partial charge on any atom is -0.371 e. The number of carbonyl (C=O) groups excluding carboxylic acids is 6. The Labute approximate surface area is 330 Å². The number of halogens is 1. The number of benzene rings is 2. The molecule has 1 aliphatic carbocycles. The summed E-state index contributed by atoms with van der Waals surface area (Å²) >= 11 is 6.04. The summed E-state index contributed by atoms with van der Waals surface area (Å²) in [6, 6.07) is 14.1. The van der Waals surface area contributed by atoms with Gasteiger partial charge in [0, 0.05) is 49.3 Å². The smallest absolute Gasteiger partial charge is 0.244 e. The van der Waals surface area contributed by atoms with Crippen LogP contribution in [0, 0.1) is 11.8 Å². The average Bonchev–Trinajstić information content (AvgIpc) is 3.53. The summed E-state index contributed by atoms with van der Waals surface area (Å²) in [4.78, 5) is 81.4. The van der Waals surface area contributed by atoms with Crippen molar-refractivity contribution in [2.45, 2.75) is 135 Å². The second-order valence-electron chi connectivity index (χ2n) is 16.2. The quantitative estimate of drug-likeness (QED) is 0.141. The predicted molar refractivity (Wildman–Crippen MR) is 212 cm³/mol. The Kier molecular flexibility index (Phi) is 16.6. The lowest BCUT2D eigenvalue weighted by atomic mass is 9.83. The maximum absolute atomic E-state index is 14.2. The van der Waals surface area contributed by atoms with Crippen molar-refractivity contribution in [3.63, 3.8) is 0 Å². The molecule has 1 aliphatic heterocycles. The van der Waals surface area contributed by atoms with E-state index in [0.717, 1.165) is 31.2 Å². The van der Waals surface area contributed by atoms with Gasteiger partial charge in [0.05, 0.1) is 24.2 Å². The Bertz CT molecular complexity index is 1640. The lowest BCUT2D eigenvalue weighted by Crippen LogP contribution is -2.51. The third-order valence-corrected chi connectivity index (χ3v) is 10.8. The first-order valence-electron chi connectivity index (χ1n) is 19.8. The largest absolute Gasteiger partial charge is 0.371 e. The van der Waals surface area contributed by atoms with Gasteiger partial charge in [-0.25, -0.2) is 0 Å². The van der Waals surface area contributed by atoms with Gasteiger partial charge in [-0.15, -0.1) is 0 Å². The Balaban J connectivity index is 1.44. The Morgan fingerprint density at radius 3 is 2.27 bits per heavy atom. The number of ketones is 3. The number of hydrogen-bond donors (Lipinski definition) is 3. The van der Waals surface area contributed by atoms with Gasteiger partial charge in [-0.3, -0.25) is 33.7 Å². The van der Waals surface area contributed by atoms with E-state index in [9.17, 15) is 28.8 Å². The minimum absolute atomic E-state index is 0.0539.